The summed E-state index contributed by atoms with van der Waals surface area (Å²) in [5.41, 5.74) is 3.35. The summed E-state index contributed by atoms with van der Waals surface area (Å²) in [6.07, 6.45) is -0.0879. The second kappa shape index (κ2) is 7.97. The van der Waals surface area contributed by atoms with Crippen LogP contribution in [0.5, 0.6) is 5.75 Å². The van der Waals surface area contributed by atoms with Crippen LogP contribution in [-0.2, 0) is 21.2 Å². The van der Waals surface area contributed by atoms with Crippen LogP contribution >= 0.6 is 11.6 Å². The molecule has 0 N–H and O–H groups in total. The molecule has 0 unspecified atom stereocenters. The Morgan fingerprint density at radius 3 is 2.38 bits per heavy atom. The first-order valence-corrected chi connectivity index (χ1v) is 11.1. The number of hydrogen-bond donors (Lipinski definition) is 0. The Bertz CT molecular complexity index is 1040. The lowest BCUT2D eigenvalue weighted by Gasteiger charge is -2.23. The van der Waals surface area contributed by atoms with Crippen molar-refractivity contribution in [3.63, 3.8) is 0 Å². The lowest BCUT2D eigenvalue weighted by molar-refractivity contribution is -0.124. The summed E-state index contributed by atoms with van der Waals surface area (Å²) in [6.45, 7) is 5.99. The smallest absolute Gasteiger partial charge is 0.267 e. The van der Waals surface area contributed by atoms with Crippen molar-refractivity contribution in [2.75, 3.05) is 25.5 Å². The van der Waals surface area contributed by atoms with Crippen LogP contribution in [-0.4, -0.2) is 45.4 Å². The van der Waals surface area contributed by atoms with E-state index in [-0.39, 0.29) is 10.8 Å². The van der Waals surface area contributed by atoms with E-state index in [1.807, 2.05) is 26.0 Å². The number of halogens is 1. The molecule has 0 fully saturated rings. The third kappa shape index (κ3) is 4.13. The average molecular weight is 437 g/mol. The zero-order valence-electron chi connectivity index (χ0n) is 17.2. The van der Waals surface area contributed by atoms with E-state index in [2.05, 4.69) is 0 Å². The Kier molecular flexibility index (Phi) is 5.94. The minimum Gasteiger partial charge on any atom is -0.481 e. The summed E-state index contributed by atoms with van der Waals surface area (Å²) >= 11 is 6.20. The molecule has 2 aromatic rings. The van der Waals surface area contributed by atoms with Crippen molar-refractivity contribution >= 4 is 33.2 Å². The first kappa shape index (κ1) is 21.6. The zero-order valence-corrected chi connectivity index (χ0v) is 18.8. The maximum atomic E-state index is 13.0. The summed E-state index contributed by atoms with van der Waals surface area (Å²) in [5, 5.41) is 0.688. The number of amides is 1. The fourth-order valence-electron chi connectivity index (χ4n) is 3.43. The topological polar surface area (TPSA) is 66.9 Å². The lowest BCUT2D eigenvalue weighted by Crippen LogP contribution is -2.39. The third-order valence-corrected chi connectivity index (χ3v) is 7.47. The maximum absolute atomic E-state index is 13.0. The van der Waals surface area contributed by atoms with Crippen molar-refractivity contribution in [1.82, 2.24) is 4.31 Å². The van der Waals surface area contributed by atoms with Gasteiger partial charge in [-0.05, 0) is 74.2 Å². The molecule has 0 saturated carbocycles. The Hall–Kier alpha value is -2.09. The van der Waals surface area contributed by atoms with E-state index in [0.29, 0.717) is 23.7 Å². The molecule has 0 aromatic heterocycles. The molecule has 156 valence electrons. The fourth-order valence-corrected chi connectivity index (χ4v) is 4.49. The third-order valence-electron chi connectivity index (χ3n) is 5.06. The molecule has 3 rings (SSSR count). The first-order chi connectivity index (χ1) is 13.5. The number of ether oxygens (including phenoxy) is 1. The van der Waals surface area contributed by atoms with Crippen LogP contribution < -0.4 is 9.64 Å². The van der Waals surface area contributed by atoms with Crippen LogP contribution in [0.2, 0.25) is 5.02 Å². The van der Waals surface area contributed by atoms with Gasteiger partial charge in [-0.3, -0.25) is 4.79 Å². The van der Waals surface area contributed by atoms with Gasteiger partial charge >= 0.3 is 0 Å². The fraction of sp³-hybridized carbons (Fsp3) is 0.381. The van der Waals surface area contributed by atoms with E-state index in [1.54, 1.807) is 24.0 Å². The number of carbonyl (C=O) groups excluding carboxylic acids is 1. The molecule has 29 heavy (non-hydrogen) atoms. The highest BCUT2D eigenvalue weighted by atomic mass is 35.5. The normalized spacial score (nSPS) is 14.8. The van der Waals surface area contributed by atoms with E-state index in [0.717, 1.165) is 22.4 Å². The SMILES string of the molecule is Cc1cc(O[C@H](C)C(=O)N2CCc3cc(S(=O)(=O)N(C)C)ccc32)cc(C)c1Cl. The van der Waals surface area contributed by atoms with Gasteiger partial charge in [0.05, 0.1) is 4.90 Å². The number of carbonyl (C=O) groups is 1. The monoisotopic (exact) mass is 436 g/mol. The summed E-state index contributed by atoms with van der Waals surface area (Å²) < 4.78 is 31.8. The molecular weight excluding hydrogens is 412 g/mol. The Balaban J connectivity index is 1.80. The molecule has 6 nitrogen and oxygen atoms in total. The molecule has 0 saturated heterocycles. The van der Waals surface area contributed by atoms with Gasteiger partial charge in [-0.25, -0.2) is 12.7 Å². The molecule has 0 aliphatic carbocycles. The molecule has 8 heteroatoms. The summed E-state index contributed by atoms with van der Waals surface area (Å²) in [5.74, 6) is 0.425. The van der Waals surface area contributed by atoms with Crippen LogP contribution in [0.25, 0.3) is 0 Å². The Labute approximate surface area is 177 Å². The minimum atomic E-state index is -3.51. The van der Waals surface area contributed by atoms with Gasteiger partial charge in [-0.1, -0.05) is 11.6 Å². The van der Waals surface area contributed by atoms with E-state index >= 15 is 0 Å². The van der Waals surface area contributed by atoms with Crippen LogP contribution in [0, 0.1) is 13.8 Å². The molecule has 0 bridgehead atoms. The highest BCUT2D eigenvalue weighted by Gasteiger charge is 2.30. The summed E-state index contributed by atoms with van der Waals surface area (Å²) in [7, 11) is -0.515. The summed E-state index contributed by atoms with van der Waals surface area (Å²) in [4.78, 5) is 14.9. The van der Waals surface area contributed by atoms with Crippen LogP contribution in [0.15, 0.2) is 35.2 Å². The first-order valence-electron chi connectivity index (χ1n) is 9.32. The van der Waals surface area contributed by atoms with Gasteiger partial charge in [0.25, 0.3) is 5.91 Å². The predicted octanol–water partition coefficient (Wildman–Crippen LogP) is 3.56. The Morgan fingerprint density at radius 2 is 1.79 bits per heavy atom. The second-order valence-corrected chi connectivity index (χ2v) is 9.98. The lowest BCUT2D eigenvalue weighted by atomic mass is 10.1. The van der Waals surface area contributed by atoms with E-state index < -0.39 is 16.1 Å². The number of fused-ring (bicyclic) bond motifs is 1. The number of sulfonamides is 1. The molecular formula is C21H25ClN2O4S. The number of aryl methyl sites for hydroxylation is 2. The van der Waals surface area contributed by atoms with Gasteiger partial charge < -0.3 is 9.64 Å². The number of anilines is 1. The quantitative estimate of drug-likeness (QED) is 0.718. The van der Waals surface area contributed by atoms with Gasteiger partial charge in [-0.2, -0.15) is 0 Å². The van der Waals surface area contributed by atoms with Crippen molar-refractivity contribution in [2.45, 2.75) is 38.2 Å². The van der Waals surface area contributed by atoms with Crippen molar-refractivity contribution in [3.05, 3.63) is 52.0 Å². The van der Waals surface area contributed by atoms with Crippen molar-refractivity contribution < 1.29 is 17.9 Å². The van der Waals surface area contributed by atoms with E-state index in [9.17, 15) is 13.2 Å². The Morgan fingerprint density at radius 1 is 1.17 bits per heavy atom. The van der Waals surface area contributed by atoms with Crippen molar-refractivity contribution in [1.29, 1.82) is 0 Å². The number of hydrogen-bond acceptors (Lipinski definition) is 4. The molecule has 1 atom stereocenters. The number of benzene rings is 2. The number of nitrogens with zero attached hydrogens (tertiary/aromatic N) is 2. The van der Waals surface area contributed by atoms with Crippen LogP contribution in [0.1, 0.15) is 23.6 Å². The highest BCUT2D eigenvalue weighted by Crippen LogP contribution is 2.32. The van der Waals surface area contributed by atoms with Crippen LogP contribution in [0.3, 0.4) is 0 Å². The molecule has 2 aromatic carbocycles. The standard InChI is InChI=1S/C21H25ClN2O4S/c1-13-10-17(11-14(2)20(13)22)28-15(3)21(25)24-9-8-16-12-18(6-7-19(16)24)29(26,27)23(4)5/h6-7,10-12,15H,8-9H2,1-5H3/t15-/m1/s1. The van der Waals surface area contributed by atoms with E-state index in [1.165, 1.54) is 24.5 Å². The van der Waals surface area contributed by atoms with E-state index in [4.69, 9.17) is 16.3 Å². The van der Waals surface area contributed by atoms with Gasteiger partial charge in [0, 0.05) is 31.4 Å². The highest BCUT2D eigenvalue weighted by molar-refractivity contribution is 7.89. The second-order valence-electron chi connectivity index (χ2n) is 7.45. The zero-order chi connectivity index (χ0) is 21.5. The van der Waals surface area contributed by atoms with Gasteiger partial charge in [0.2, 0.25) is 10.0 Å². The minimum absolute atomic E-state index is 0.169. The molecule has 1 heterocycles. The largest absolute Gasteiger partial charge is 0.481 e. The molecule has 0 radical (unpaired) electrons. The molecule has 1 amide bonds. The van der Waals surface area contributed by atoms with Crippen LogP contribution in [0.4, 0.5) is 5.69 Å². The molecule has 1 aliphatic heterocycles. The van der Waals surface area contributed by atoms with Crippen molar-refractivity contribution in [3.8, 4) is 5.75 Å². The predicted molar refractivity (Wildman–Crippen MR) is 114 cm³/mol. The van der Waals surface area contributed by atoms with Gasteiger partial charge in [0.15, 0.2) is 6.10 Å². The van der Waals surface area contributed by atoms with Crippen molar-refractivity contribution in [2.24, 2.45) is 0 Å². The molecule has 1 aliphatic rings. The summed E-state index contributed by atoms with van der Waals surface area (Å²) in [6, 6.07) is 8.51. The van der Waals surface area contributed by atoms with Gasteiger partial charge in [0.1, 0.15) is 5.75 Å². The maximum Gasteiger partial charge on any atom is 0.267 e. The molecule has 0 spiro atoms. The average Bonchev–Trinajstić information content (AvgIpc) is 3.08. The van der Waals surface area contributed by atoms with Gasteiger partial charge in [-0.15, -0.1) is 0 Å². The number of rotatable bonds is 5.